The number of nitrogens with one attached hydrogen (secondary N) is 1. The number of aromatic nitrogens is 3. The molecule has 0 fully saturated rings. The van der Waals surface area contributed by atoms with Crippen LogP contribution < -0.4 is 0 Å². The second-order valence-electron chi connectivity index (χ2n) is 2.43. The first kappa shape index (κ1) is 7.67. The summed E-state index contributed by atoms with van der Waals surface area (Å²) in [4.78, 5) is 21.8. The number of H-pyrrole nitrogens is 1. The van der Waals surface area contributed by atoms with Crippen LogP contribution in [0.15, 0.2) is 30.7 Å². The van der Waals surface area contributed by atoms with Gasteiger partial charge in [0.2, 0.25) is 5.78 Å². The van der Waals surface area contributed by atoms with E-state index < -0.39 is 0 Å². The molecule has 1 N–H and O–H groups in total. The topological polar surface area (TPSA) is 58.6 Å². The lowest BCUT2D eigenvalue weighted by molar-refractivity contribution is 0.102. The van der Waals surface area contributed by atoms with Crippen LogP contribution in [-0.4, -0.2) is 20.7 Å². The molecule has 0 aromatic carbocycles. The van der Waals surface area contributed by atoms with Gasteiger partial charge < -0.3 is 4.98 Å². The average Bonchev–Trinajstić information content (AvgIpc) is 2.71. The van der Waals surface area contributed by atoms with Crippen LogP contribution in [0.5, 0.6) is 0 Å². The molecule has 13 heavy (non-hydrogen) atoms. The van der Waals surface area contributed by atoms with Gasteiger partial charge in [-0.3, -0.25) is 9.78 Å². The van der Waals surface area contributed by atoms with Gasteiger partial charge in [-0.05, 0) is 12.1 Å². The lowest BCUT2D eigenvalue weighted by Crippen LogP contribution is -2.03. The Kier molecular flexibility index (Phi) is 1.88. The van der Waals surface area contributed by atoms with Crippen LogP contribution in [-0.2, 0) is 0 Å². The summed E-state index contributed by atoms with van der Waals surface area (Å²) in [7, 11) is 0. The fraction of sp³-hybridized carbons (Fsp3) is 0. The van der Waals surface area contributed by atoms with Gasteiger partial charge in [-0.1, -0.05) is 0 Å². The number of carbonyl (C=O) groups excluding carboxylic acids is 1. The minimum Gasteiger partial charge on any atom is -0.342 e. The molecule has 0 bridgehead atoms. The molecule has 63 valence electrons. The standard InChI is InChI=1S/C9H6N3O/c13-8(9-11-4-5-12-9)7-2-1-3-10-6-7/h1-5H,(H,11,12). The molecule has 2 aromatic heterocycles. The fourth-order valence-electron chi connectivity index (χ4n) is 0.970. The highest BCUT2D eigenvalue weighted by molar-refractivity contribution is 6.05. The summed E-state index contributed by atoms with van der Waals surface area (Å²) in [6.45, 7) is 0. The van der Waals surface area contributed by atoms with E-state index in [1.165, 1.54) is 6.20 Å². The van der Waals surface area contributed by atoms with Crippen molar-refractivity contribution < 1.29 is 4.79 Å². The van der Waals surface area contributed by atoms with Gasteiger partial charge in [-0.25, -0.2) is 4.98 Å². The lowest BCUT2D eigenvalue weighted by Gasteiger charge is -1.93. The zero-order valence-corrected chi connectivity index (χ0v) is 6.69. The Morgan fingerprint density at radius 3 is 3.00 bits per heavy atom. The zero-order chi connectivity index (χ0) is 9.10. The molecule has 0 saturated heterocycles. The van der Waals surface area contributed by atoms with E-state index in [-0.39, 0.29) is 5.78 Å². The Bertz CT molecular complexity index is 394. The number of pyridine rings is 1. The zero-order valence-electron chi connectivity index (χ0n) is 6.69. The molecular weight excluding hydrogens is 166 g/mol. The first-order chi connectivity index (χ1) is 6.38. The van der Waals surface area contributed by atoms with Crippen molar-refractivity contribution in [2.45, 2.75) is 0 Å². The molecule has 0 aliphatic heterocycles. The van der Waals surface area contributed by atoms with Crippen LogP contribution in [0.1, 0.15) is 16.2 Å². The van der Waals surface area contributed by atoms with E-state index >= 15 is 0 Å². The van der Waals surface area contributed by atoms with Crippen molar-refractivity contribution in [2.75, 3.05) is 0 Å². The molecular formula is C9H6N3O. The van der Waals surface area contributed by atoms with Crippen LogP contribution in [0.25, 0.3) is 0 Å². The van der Waals surface area contributed by atoms with Crippen molar-refractivity contribution in [2.24, 2.45) is 0 Å². The van der Waals surface area contributed by atoms with Gasteiger partial charge in [0.1, 0.15) is 6.20 Å². The van der Waals surface area contributed by atoms with E-state index in [9.17, 15) is 4.79 Å². The van der Waals surface area contributed by atoms with Crippen molar-refractivity contribution in [1.29, 1.82) is 0 Å². The number of hydrogen-bond donors (Lipinski definition) is 1. The van der Waals surface area contributed by atoms with Crippen molar-refractivity contribution >= 4 is 5.78 Å². The Morgan fingerprint density at radius 2 is 2.38 bits per heavy atom. The van der Waals surface area contributed by atoms with Gasteiger partial charge in [0.05, 0.1) is 5.56 Å². The van der Waals surface area contributed by atoms with Gasteiger partial charge in [-0.15, -0.1) is 0 Å². The molecule has 0 unspecified atom stereocenters. The minimum atomic E-state index is -0.196. The quantitative estimate of drug-likeness (QED) is 0.683. The normalized spacial score (nSPS) is 9.85. The minimum absolute atomic E-state index is 0.196. The molecule has 0 saturated carbocycles. The Balaban J connectivity index is 2.34. The molecule has 0 aliphatic carbocycles. The summed E-state index contributed by atoms with van der Waals surface area (Å²) in [5, 5.41) is 0. The number of aromatic amines is 1. The summed E-state index contributed by atoms with van der Waals surface area (Å²) < 4.78 is 0. The molecule has 4 nitrogen and oxygen atoms in total. The molecule has 0 atom stereocenters. The maximum absolute atomic E-state index is 11.5. The summed E-state index contributed by atoms with van der Waals surface area (Å²) in [6.07, 6.45) is 7.30. The van der Waals surface area contributed by atoms with Gasteiger partial charge in [0, 0.05) is 18.6 Å². The fourth-order valence-corrected chi connectivity index (χ4v) is 0.970. The predicted molar refractivity (Wildman–Crippen MR) is 45.1 cm³/mol. The van der Waals surface area contributed by atoms with Crippen molar-refractivity contribution in [3.8, 4) is 0 Å². The van der Waals surface area contributed by atoms with E-state index in [2.05, 4.69) is 21.1 Å². The summed E-state index contributed by atoms with van der Waals surface area (Å²) in [5.41, 5.74) is 0.414. The summed E-state index contributed by atoms with van der Waals surface area (Å²) in [6, 6.07) is 3.34. The predicted octanol–water partition coefficient (Wildman–Crippen LogP) is 0.836. The second kappa shape index (κ2) is 3.18. The lowest BCUT2D eigenvalue weighted by atomic mass is 10.2. The SMILES string of the molecule is O=C(c1[c]nccc1)c1ncc[nH]1. The van der Waals surface area contributed by atoms with Crippen LogP contribution >= 0.6 is 0 Å². The van der Waals surface area contributed by atoms with Crippen molar-refractivity contribution in [1.82, 2.24) is 15.0 Å². The maximum atomic E-state index is 11.5. The monoisotopic (exact) mass is 172 g/mol. The third-order valence-corrected chi connectivity index (χ3v) is 1.57. The highest BCUT2D eigenvalue weighted by Crippen LogP contribution is 2.02. The number of imidazole rings is 1. The number of rotatable bonds is 2. The molecule has 0 aliphatic rings. The van der Waals surface area contributed by atoms with Crippen molar-refractivity contribution in [3.05, 3.63) is 48.3 Å². The molecule has 0 spiro atoms. The van der Waals surface area contributed by atoms with Crippen molar-refractivity contribution in [3.63, 3.8) is 0 Å². The average molecular weight is 172 g/mol. The molecule has 2 heterocycles. The maximum Gasteiger partial charge on any atom is 0.230 e. The number of hydrogen-bond acceptors (Lipinski definition) is 3. The molecule has 2 rings (SSSR count). The van der Waals surface area contributed by atoms with Crippen LogP contribution in [0, 0.1) is 6.20 Å². The van der Waals surface area contributed by atoms with Crippen LogP contribution in [0.3, 0.4) is 0 Å². The summed E-state index contributed by atoms with van der Waals surface area (Å²) >= 11 is 0. The second-order valence-corrected chi connectivity index (χ2v) is 2.43. The van der Waals surface area contributed by atoms with E-state index in [0.717, 1.165) is 0 Å². The summed E-state index contributed by atoms with van der Waals surface area (Å²) in [5.74, 6) is 0.113. The number of carbonyl (C=O) groups is 1. The smallest absolute Gasteiger partial charge is 0.230 e. The third kappa shape index (κ3) is 1.46. The van der Waals surface area contributed by atoms with Crippen LogP contribution in [0.2, 0.25) is 0 Å². The van der Waals surface area contributed by atoms with E-state index in [1.807, 2.05) is 0 Å². The van der Waals surface area contributed by atoms with Gasteiger partial charge >= 0.3 is 0 Å². The molecule has 4 heteroatoms. The molecule has 2 aromatic rings. The van der Waals surface area contributed by atoms with E-state index in [4.69, 9.17) is 0 Å². The Labute approximate surface area is 74.7 Å². The highest BCUT2D eigenvalue weighted by atomic mass is 16.1. The Hall–Kier alpha value is -1.97. The van der Waals surface area contributed by atoms with Gasteiger partial charge in [0.15, 0.2) is 5.82 Å². The van der Waals surface area contributed by atoms with E-state index in [0.29, 0.717) is 11.4 Å². The third-order valence-electron chi connectivity index (χ3n) is 1.57. The Morgan fingerprint density at radius 1 is 1.46 bits per heavy atom. The van der Waals surface area contributed by atoms with Gasteiger partial charge in [0.25, 0.3) is 0 Å². The first-order valence-electron chi connectivity index (χ1n) is 3.75. The molecule has 0 amide bonds. The number of nitrogens with zero attached hydrogens (tertiary/aromatic N) is 2. The molecule has 1 radical (unpaired) electrons. The number of ketones is 1. The van der Waals surface area contributed by atoms with E-state index in [1.54, 1.807) is 24.5 Å². The highest BCUT2D eigenvalue weighted by Gasteiger charge is 2.10. The van der Waals surface area contributed by atoms with Gasteiger partial charge in [-0.2, -0.15) is 0 Å². The van der Waals surface area contributed by atoms with Crippen LogP contribution in [0.4, 0.5) is 0 Å². The largest absolute Gasteiger partial charge is 0.342 e. The first-order valence-corrected chi connectivity index (χ1v) is 3.75.